The van der Waals surface area contributed by atoms with Gasteiger partial charge in [-0.3, -0.25) is 4.98 Å². The van der Waals surface area contributed by atoms with Gasteiger partial charge in [0.1, 0.15) is 0 Å². The maximum absolute atomic E-state index is 11.0. The maximum atomic E-state index is 11.0. The molecule has 5 heteroatoms. The van der Waals surface area contributed by atoms with Crippen LogP contribution < -0.4 is 0 Å². The molecule has 2 N–H and O–H groups in total. The fraction of sp³-hybridized carbons (Fsp3) is 0.0833. The normalized spacial score (nSPS) is 12.3. The molecule has 0 aliphatic heterocycles. The fourth-order valence-electron chi connectivity index (χ4n) is 1.24. The predicted molar refractivity (Wildman–Crippen MR) is 61.2 cm³/mol. The van der Waals surface area contributed by atoms with Crippen molar-refractivity contribution in [3.8, 4) is 0 Å². The van der Waals surface area contributed by atoms with Gasteiger partial charge < -0.3 is 10.2 Å². The smallest absolute Gasteiger partial charge is 0.335 e. The standard InChI is InChI=1S/C12H11NO4/c1-8(5-11(14)15)10(12(16)17)6-9-3-2-4-13-7-9/h2-7H,1H3,(H,14,15)(H,16,17)/b8-5-,10-6+. The van der Waals surface area contributed by atoms with Crippen molar-refractivity contribution < 1.29 is 19.8 Å². The highest BCUT2D eigenvalue weighted by molar-refractivity contribution is 5.98. The molecule has 1 rings (SSSR count). The highest BCUT2D eigenvalue weighted by Gasteiger charge is 2.10. The molecule has 0 fully saturated rings. The molecule has 0 bridgehead atoms. The van der Waals surface area contributed by atoms with Gasteiger partial charge in [0.05, 0.1) is 5.57 Å². The van der Waals surface area contributed by atoms with Gasteiger partial charge in [-0.2, -0.15) is 0 Å². The molecule has 1 aromatic rings. The molecule has 0 saturated heterocycles. The molecule has 0 aliphatic rings. The second kappa shape index (κ2) is 5.60. The summed E-state index contributed by atoms with van der Waals surface area (Å²) in [6.07, 6.45) is 5.30. The Kier molecular flexibility index (Phi) is 4.16. The lowest BCUT2D eigenvalue weighted by molar-refractivity contribution is -0.132. The number of rotatable bonds is 4. The molecule has 0 spiro atoms. The Balaban J connectivity index is 3.15. The second-order valence-corrected chi connectivity index (χ2v) is 3.32. The second-order valence-electron chi connectivity index (χ2n) is 3.32. The van der Waals surface area contributed by atoms with Gasteiger partial charge in [-0.1, -0.05) is 6.07 Å². The number of hydrogen-bond donors (Lipinski definition) is 2. The number of hydrogen-bond acceptors (Lipinski definition) is 3. The van der Waals surface area contributed by atoms with Gasteiger partial charge in [0, 0.05) is 18.5 Å². The van der Waals surface area contributed by atoms with Gasteiger partial charge in [-0.05, 0) is 30.2 Å². The summed E-state index contributed by atoms with van der Waals surface area (Å²) in [6.45, 7) is 1.43. The SMILES string of the molecule is CC(=C/C(=O)O)/C(=C\c1cccnc1)C(=O)O. The van der Waals surface area contributed by atoms with E-state index in [4.69, 9.17) is 10.2 Å². The van der Waals surface area contributed by atoms with Crippen molar-refractivity contribution >= 4 is 18.0 Å². The van der Waals surface area contributed by atoms with Crippen LogP contribution >= 0.6 is 0 Å². The van der Waals surface area contributed by atoms with E-state index in [1.54, 1.807) is 18.3 Å². The first-order valence-corrected chi connectivity index (χ1v) is 4.77. The minimum Gasteiger partial charge on any atom is -0.478 e. The summed E-state index contributed by atoms with van der Waals surface area (Å²) in [5, 5.41) is 17.6. The fourth-order valence-corrected chi connectivity index (χ4v) is 1.24. The van der Waals surface area contributed by atoms with E-state index in [0.717, 1.165) is 6.08 Å². The van der Waals surface area contributed by atoms with Crippen LogP contribution in [0.3, 0.4) is 0 Å². The minimum atomic E-state index is -1.18. The minimum absolute atomic E-state index is 0.0691. The van der Waals surface area contributed by atoms with Crippen LogP contribution in [-0.2, 0) is 9.59 Å². The number of pyridine rings is 1. The van der Waals surface area contributed by atoms with Crippen molar-refractivity contribution in [2.45, 2.75) is 6.92 Å². The van der Waals surface area contributed by atoms with Gasteiger partial charge in [0.25, 0.3) is 0 Å². The zero-order valence-corrected chi connectivity index (χ0v) is 9.12. The van der Waals surface area contributed by atoms with Crippen LogP contribution in [0.25, 0.3) is 6.08 Å². The van der Waals surface area contributed by atoms with Crippen molar-refractivity contribution in [1.29, 1.82) is 0 Å². The summed E-state index contributed by atoms with van der Waals surface area (Å²) in [7, 11) is 0. The highest BCUT2D eigenvalue weighted by Crippen LogP contribution is 2.14. The average molecular weight is 233 g/mol. The van der Waals surface area contributed by atoms with Gasteiger partial charge in [0.2, 0.25) is 0 Å². The molecule has 1 aromatic heterocycles. The molecule has 1 heterocycles. The molecule has 0 aliphatic carbocycles. The monoisotopic (exact) mass is 233 g/mol. The van der Waals surface area contributed by atoms with E-state index >= 15 is 0 Å². The number of carbonyl (C=O) groups is 2. The number of carboxylic acids is 2. The Morgan fingerprint density at radius 1 is 1.35 bits per heavy atom. The molecule has 0 radical (unpaired) electrons. The third-order valence-corrected chi connectivity index (χ3v) is 1.99. The van der Waals surface area contributed by atoms with E-state index < -0.39 is 11.9 Å². The molecule has 17 heavy (non-hydrogen) atoms. The number of carboxylic acid groups (broad SMARTS) is 2. The quantitative estimate of drug-likeness (QED) is 0.609. The van der Waals surface area contributed by atoms with Crippen LogP contribution in [0.1, 0.15) is 12.5 Å². The topological polar surface area (TPSA) is 87.5 Å². The van der Waals surface area contributed by atoms with Gasteiger partial charge in [-0.15, -0.1) is 0 Å². The lowest BCUT2D eigenvalue weighted by Crippen LogP contribution is -2.03. The van der Waals surface area contributed by atoms with Crippen molar-refractivity contribution in [3.05, 3.63) is 47.3 Å². The van der Waals surface area contributed by atoms with Gasteiger partial charge in [-0.25, -0.2) is 9.59 Å². The maximum Gasteiger partial charge on any atom is 0.335 e. The number of nitrogens with zero attached hydrogens (tertiary/aromatic N) is 1. The molecular formula is C12H11NO4. The van der Waals surface area contributed by atoms with E-state index in [2.05, 4.69) is 4.98 Å². The average Bonchev–Trinajstić information content (AvgIpc) is 2.25. The largest absolute Gasteiger partial charge is 0.478 e. The molecular weight excluding hydrogens is 222 g/mol. The first-order valence-electron chi connectivity index (χ1n) is 4.77. The van der Waals surface area contributed by atoms with E-state index in [9.17, 15) is 9.59 Å². The molecule has 0 saturated carbocycles. The van der Waals surface area contributed by atoms with Gasteiger partial charge >= 0.3 is 11.9 Å². The summed E-state index contributed by atoms with van der Waals surface area (Å²) in [4.78, 5) is 25.3. The van der Waals surface area contributed by atoms with E-state index in [0.29, 0.717) is 5.56 Å². The van der Waals surface area contributed by atoms with Crippen molar-refractivity contribution in [1.82, 2.24) is 4.98 Å². The highest BCUT2D eigenvalue weighted by atomic mass is 16.4. The van der Waals surface area contributed by atoms with Crippen LogP contribution in [0, 0.1) is 0 Å². The predicted octanol–water partition coefficient (Wildman–Crippen LogP) is 1.58. The molecule has 0 amide bonds. The Labute approximate surface area is 97.7 Å². The third kappa shape index (κ3) is 3.90. The molecule has 0 aromatic carbocycles. The van der Waals surface area contributed by atoms with Crippen LogP contribution in [0.2, 0.25) is 0 Å². The zero-order chi connectivity index (χ0) is 12.8. The summed E-state index contributed by atoms with van der Waals surface area (Å²) in [5.74, 6) is -2.36. The summed E-state index contributed by atoms with van der Waals surface area (Å²) in [5.41, 5.74) is 0.706. The number of aromatic nitrogens is 1. The van der Waals surface area contributed by atoms with Crippen LogP contribution in [0.4, 0.5) is 0 Å². The summed E-state index contributed by atoms with van der Waals surface area (Å²) >= 11 is 0. The van der Waals surface area contributed by atoms with E-state index in [1.165, 1.54) is 19.2 Å². The molecule has 0 atom stereocenters. The first kappa shape index (κ1) is 12.6. The van der Waals surface area contributed by atoms with Crippen LogP contribution in [0.15, 0.2) is 41.7 Å². The van der Waals surface area contributed by atoms with Crippen LogP contribution in [-0.4, -0.2) is 27.1 Å². The molecule has 5 nitrogen and oxygen atoms in total. The first-order chi connectivity index (χ1) is 8.00. The molecule has 88 valence electrons. The summed E-state index contributed by atoms with van der Waals surface area (Å²) in [6, 6.07) is 3.35. The zero-order valence-electron chi connectivity index (χ0n) is 9.12. The van der Waals surface area contributed by atoms with Crippen LogP contribution in [0.5, 0.6) is 0 Å². The van der Waals surface area contributed by atoms with E-state index in [1.807, 2.05) is 0 Å². The number of aliphatic carboxylic acids is 2. The Bertz CT molecular complexity index is 488. The van der Waals surface area contributed by atoms with Crippen molar-refractivity contribution in [3.63, 3.8) is 0 Å². The summed E-state index contributed by atoms with van der Waals surface area (Å²) < 4.78 is 0. The van der Waals surface area contributed by atoms with Crippen molar-refractivity contribution in [2.75, 3.05) is 0 Å². The van der Waals surface area contributed by atoms with Gasteiger partial charge in [0.15, 0.2) is 0 Å². The lowest BCUT2D eigenvalue weighted by Gasteiger charge is -2.01. The third-order valence-electron chi connectivity index (χ3n) is 1.99. The van der Waals surface area contributed by atoms with E-state index in [-0.39, 0.29) is 11.1 Å². The Hall–Kier alpha value is -2.43. The Morgan fingerprint density at radius 3 is 2.53 bits per heavy atom. The van der Waals surface area contributed by atoms with Crippen molar-refractivity contribution in [2.24, 2.45) is 0 Å². The lowest BCUT2D eigenvalue weighted by atomic mass is 10.0. The molecule has 0 unspecified atom stereocenters. The Morgan fingerprint density at radius 2 is 2.06 bits per heavy atom.